The highest BCUT2D eigenvalue weighted by Gasteiger charge is 2.21. The number of nitrogens with zero attached hydrogens (tertiary/aromatic N) is 2. The highest BCUT2D eigenvalue weighted by atomic mass is 32.1. The molecular formula is C24H23N3O5S. The molecule has 0 bridgehead atoms. The van der Waals surface area contributed by atoms with Gasteiger partial charge in [0.1, 0.15) is 16.6 Å². The predicted octanol–water partition coefficient (Wildman–Crippen LogP) is 4.35. The van der Waals surface area contributed by atoms with Crippen LogP contribution in [0, 0.1) is 0 Å². The number of fused-ring (bicyclic) bond motifs is 1. The fraction of sp³-hybridized carbons (Fsp3) is 0.208. The van der Waals surface area contributed by atoms with Crippen molar-refractivity contribution in [1.82, 2.24) is 9.55 Å². The minimum atomic E-state index is -0.769. The number of carbonyl (C=O) groups is 1. The molecule has 2 aromatic carbocycles. The zero-order valence-electron chi connectivity index (χ0n) is 18.6. The lowest BCUT2D eigenvalue weighted by molar-refractivity contribution is -0.118. The maximum atomic E-state index is 13.4. The molecule has 2 aromatic heterocycles. The summed E-state index contributed by atoms with van der Waals surface area (Å²) < 4.78 is 17.2. The van der Waals surface area contributed by atoms with Gasteiger partial charge < -0.3 is 19.5 Å². The normalized spacial score (nSPS) is 11.8. The van der Waals surface area contributed by atoms with Crippen molar-refractivity contribution in [1.29, 1.82) is 0 Å². The summed E-state index contributed by atoms with van der Waals surface area (Å²) in [6, 6.07) is 11.7. The number of aromatic nitrogens is 2. The number of carbonyl (C=O) groups excluding carboxylic acids is 1. The van der Waals surface area contributed by atoms with E-state index in [1.165, 1.54) is 22.2 Å². The highest BCUT2D eigenvalue weighted by molar-refractivity contribution is 7.17. The fourth-order valence-electron chi connectivity index (χ4n) is 3.49. The summed E-state index contributed by atoms with van der Waals surface area (Å²) in [5.41, 5.74) is 1.84. The van der Waals surface area contributed by atoms with Gasteiger partial charge in [0.05, 0.1) is 33.0 Å². The molecule has 1 atom stereocenters. The Bertz CT molecular complexity index is 1360. The number of amides is 1. The van der Waals surface area contributed by atoms with Crippen LogP contribution in [0.3, 0.4) is 0 Å². The van der Waals surface area contributed by atoms with Gasteiger partial charge in [-0.05, 0) is 48.9 Å². The highest BCUT2D eigenvalue weighted by Crippen LogP contribution is 2.36. The van der Waals surface area contributed by atoms with E-state index in [4.69, 9.17) is 14.2 Å². The third-order valence-electron chi connectivity index (χ3n) is 5.37. The van der Waals surface area contributed by atoms with E-state index >= 15 is 0 Å². The van der Waals surface area contributed by atoms with Gasteiger partial charge >= 0.3 is 0 Å². The lowest BCUT2D eigenvalue weighted by atomic mass is 10.1. The summed E-state index contributed by atoms with van der Waals surface area (Å²) >= 11 is 1.37. The first kappa shape index (κ1) is 22.3. The number of hydrogen-bond donors (Lipinski definition) is 1. The number of thiophene rings is 1. The second kappa shape index (κ2) is 9.33. The van der Waals surface area contributed by atoms with E-state index in [0.29, 0.717) is 33.2 Å². The van der Waals surface area contributed by atoms with Gasteiger partial charge in [0.2, 0.25) is 5.91 Å². The second-order valence-corrected chi connectivity index (χ2v) is 8.11. The molecular weight excluding hydrogens is 442 g/mol. The summed E-state index contributed by atoms with van der Waals surface area (Å²) in [5, 5.41) is 5.16. The summed E-state index contributed by atoms with van der Waals surface area (Å²) in [6.45, 7) is 1.66. The molecule has 8 nitrogen and oxygen atoms in total. The lowest BCUT2D eigenvalue weighted by Gasteiger charge is -2.15. The first-order valence-electron chi connectivity index (χ1n) is 10.1. The molecule has 0 saturated carbocycles. The van der Waals surface area contributed by atoms with E-state index in [2.05, 4.69) is 10.3 Å². The Hall–Kier alpha value is -3.85. The largest absolute Gasteiger partial charge is 0.497 e. The van der Waals surface area contributed by atoms with Crippen molar-refractivity contribution in [2.45, 2.75) is 13.0 Å². The Balaban J connectivity index is 1.69. The van der Waals surface area contributed by atoms with E-state index in [1.807, 2.05) is 17.5 Å². The second-order valence-electron chi connectivity index (χ2n) is 7.25. The van der Waals surface area contributed by atoms with Crippen molar-refractivity contribution >= 4 is 33.1 Å². The lowest BCUT2D eigenvalue weighted by Crippen LogP contribution is -2.31. The Morgan fingerprint density at radius 2 is 1.76 bits per heavy atom. The first-order valence-corrected chi connectivity index (χ1v) is 11.0. The van der Waals surface area contributed by atoms with Crippen LogP contribution in [0.1, 0.15) is 13.0 Å². The number of methoxy groups -OCH3 is 3. The van der Waals surface area contributed by atoms with Gasteiger partial charge in [0.15, 0.2) is 11.5 Å². The van der Waals surface area contributed by atoms with Gasteiger partial charge in [-0.2, -0.15) is 0 Å². The van der Waals surface area contributed by atoms with Crippen LogP contribution in [0.5, 0.6) is 17.2 Å². The molecule has 0 fully saturated rings. The molecule has 0 unspecified atom stereocenters. The number of hydrogen-bond acceptors (Lipinski definition) is 7. The van der Waals surface area contributed by atoms with Gasteiger partial charge in [-0.3, -0.25) is 14.2 Å². The first-order chi connectivity index (χ1) is 16.0. The monoisotopic (exact) mass is 465 g/mol. The number of nitrogens with one attached hydrogen (secondary N) is 1. The molecule has 1 amide bonds. The van der Waals surface area contributed by atoms with Crippen LogP contribution in [-0.2, 0) is 4.79 Å². The van der Waals surface area contributed by atoms with Crippen molar-refractivity contribution < 1.29 is 19.0 Å². The molecule has 1 N–H and O–H groups in total. The molecule has 0 aliphatic rings. The number of ether oxygens (including phenoxy) is 3. The molecule has 4 aromatic rings. The van der Waals surface area contributed by atoms with Crippen LogP contribution in [0.2, 0.25) is 0 Å². The third kappa shape index (κ3) is 4.27. The zero-order valence-corrected chi connectivity index (χ0v) is 19.4. The Labute approximate surface area is 194 Å². The molecule has 0 aliphatic carbocycles. The van der Waals surface area contributed by atoms with Gasteiger partial charge in [0.25, 0.3) is 5.56 Å². The van der Waals surface area contributed by atoms with Crippen molar-refractivity contribution in [3.63, 3.8) is 0 Å². The average molecular weight is 466 g/mol. The van der Waals surface area contributed by atoms with Crippen LogP contribution < -0.4 is 25.1 Å². The fourth-order valence-corrected chi connectivity index (χ4v) is 4.39. The van der Waals surface area contributed by atoms with Crippen LogP contribution in [0.15, 0.2) is 59.0 Å². The van der Waals surface area contributed by atoms with Crippen molar-refractivity contribution in [3.05, 3.63) is 64.5 Å². The molecule has 0 saturated heterocycles. The molecule has 9 heteroatoms. The quantitative estimate of drug-likeness (QED) is 0.436. The van der Waals surface area contributed by atoms with Crippen LogP contribution in [-0.4, -0.2) is 36.8 Å². The van der Waals surface area contributed by atoms with Gasteiger partial charge in [0, 0.05) is 16.6 Å². The van der Waals surface area contributed by atoms with Crippen molar-refractivity contribution in [3.8, 4) is 28.4 Å². The summed E-state index contributed by atoms with van der Waals surface area (Å²) in [7, 11) is 4.70. The molecule has 33 heavy (non-hydrogen) atoms. The maximum Gasteiger partial charge on any atom is 0.263 e. The van der Waals surface area contributed by atoms with Crippen LogP contribution >= 0.6 is 11.3 Å². The molecule has 0 spiro atoms. The van der Waals surface area contributed by atoms with E-state index in [1.54, 1.807) is 58.6 Å². The summed E-state index contributed by atoms with van der Waals surface area (Å²) in [5.74, 6) is 1.52. The number of rotatable bonds is 7. The van der Waals surface area contributed by atoms with E-state index < -0.39 is 6.04 Å². The Kier molecular flexibility index (Phi) is 6.32. The predicted molar refractivity (Wildman–Crippen MR) is 129 cm³/mol. The Morgan fingerprint density at radius 3 is 2.42 bits per heavy atom. The molecule has 4 rings (SSSR count). The van der Waals surface area contributed by atoms with Crippen LogP contribution in [0.25, 0.3) is 21.3 Å². The van der Waals surface area contributed by atoms with Crippen molar-refractivity contribution in [2.24, 2.45) is 0 Å². The molecule has 170 valence electrons. The number of benzene rings is 2. The molecule has 0 radical (unpaired) electrons. The summed E-state index contributed by atoms with van der Waals surface area (Å²) in [6.07, 6.45) is 1.41. The van der Waals surface area contributed by atoms with Gasteiger partial charge in [-0.25, -0.2) is 4.98 Å². The third-order valence-corrected chi connectivity index (χ3v) is 6.25. The SMILES string of the molecule is COc1ccc(NC(=O)[C@H](C)n2cnc3scc(-c4ccc(OC)c(OC)c4)c3c2=O)cc1. The average Bonchev–Trinajstić information content (AvgIpc) is 3.29. The van der Waals surface area contributed by atoms with Gasteiger partial charge in [-0.1, -0.05) is 6.07 Å². The van der Waals surface area contributed by atoms with E-state index in [0.717, 1.165) is 11.1 Å². The Morgan fingerprint density at radius 1 is 1.03 bits per heavy atom. The smallest absolute Gasteiger partial charge is 0.263 e. The minimum absolute atomic E-state index is 0.289. The topological polar surface area (TPSA) is 91.7 Å². The maximum absolute atomic E-state index is 13.4. The van der Waals surface area contributed by atoms with E-state index in [-0.39, 0.29) is 11.5 Å². The van der Waals surface area contributed by atoms with Crippen LogP contribution in [0.4, 0.5) is 5.69 Å². The standard InChI is InChI=1S/C24H23N3O5S/c1-14(22(28)26-16-6-8-17(30-2)9-7-16)27-13-25-23-21(24(27)29)18(12-33-23)15-5-10-19(31-3)20(11-15)32-4/h5-14H,1-4H3,(H,26,28)/t14-/m0/s1. The molecule has 0 aliphatic heterocycles. The zero-order chi connectivity index (χ0) is 23.5. The van der Waals surface area contributed by atoms with Gasteiger partial charge in [-0.15, -0.1) is 11.3 Å². The number of anilines is 1. The summed E-state index contributed by atoms with van der Waals surface area (Å²) in [4.78, 5) is 31.3. The van der Waals surface area contributed by atoms with Crippen molar-refractivity contribution in [2.75, 3.05) is 26.6 Å². The minimum Gasteiger partial charge on any atom is -0.497 e. The molecule has 2 heterocycles. The van der Waals surface area contributed by atoms with E-state index in [9.17, 15) is 9.59 Å².